The maximum Gasteiger partial charge on any atom is 0.224 e. The van der Waals surface area contributed by atoms with Gasteiger partial charge in [0.1, 0.15) is 0 Å². The Morgan fingerprint density at radius 2 is 2.18 bits per heavy atom. The third-order valence-electron chi connectivity index (χ3n) is 4.13. The van der Waals surface area contributed by atoms with Crippen molar-refractivity contribution in [1.29, 1.82) is 0 Å². The molecule has 0 aromatic heterocycles. The lowest BCUT2D eigenvalue weighted by molar-refractivity contribution is -0.121. The van der Waals surface area contributed by atoms with Crippen molar-refractivity contribution in [2.75, 3.05) is 26.2 Å². The summed E-state index contributed by atoms with van der Waals surface area (Å²) in [5.74, 6) is 0.694. The number of β-amino-alcohol motifs (C(OH)–C–C–N with tert-alkyl or cyclic N) is 1. The van der Waals surface area contributed by atoms with Gasteiger partial charge in [-0.2, -0.15) is 0 Å². The van der Waals surface area contributed by atoms with Crippen molar-refractivity contribution in [3.05, 3.63) is 34.9 Å². The van der Waals surface area contributed by atoms with Gasteiger partial charge in [0, 0.05) is 18.1 Å². The molecule has 2 rings (SSSR count). The third kappa shape index (κ3) is 5.95. The molecule has 0 bridgehead atoms. The predicted molar refractivity (Wildman–Crippen MR) is 89.0 cm³/mol. The van der Waals surface area contributed by atoms with Gasteiger partial charge in [-0.25, -0.2) is 0 Å². The Balaban J connectivity index is 1.67. The molecule has 1 aromatic rings. The maximum atomic E-state index is 11.9. The van der Waals surface area contributed by atoms with Crippen molar-refractivity contribution >= 4 is 17.5 Å². The fourth-order valence-corrected chi connectivity index (χ4v) is 2.95. The molecule has 0 spiro atoms. The van der Waals surface area contributed by atoms with Gasteiger partial charge in [0.2, 0.25) is 5.91 Å². The van der Waals surface area contributed by atoms with Crippen LogP contribution in [0.25, 0.3) is 0 Å². The summed E-state index contributed by atoms with van der Waals surface area (Å²) >= 11 is 5.90. The second-order valence-corrected chi connectivity index (χ2v) is 6.68. The van der Waals surface area contributed by atoms with E-state index in [1.54, 1.807) is 12.1 Å². The molecule has 1 heterocycles. The van der Waals surface area contributed by atoms with Crippen molar-refractivity contribution in [2.24, 2.45) is 5.92 Å². The topological polar surface area (TPSA) is 52.6 Å². The number of hydrogen-bond donors (Lipinski definition) is 2. The first-order chi connectivity index (χ1) is 10.5. The molecule has 22 heavy (non-hydrogen) atoms. The van der Waals surface area contributed by atoms with Crippen LogP contribution in [0, 0.1) is 5.92 Å². The number of amides is 1. The minimum absolute atomic E-state index is 0.0893. The summed E-state index contributed by atoms with van der Waals surface area (Å²) in [6, 6.07) is 7.27. The van der Waals surface area contributed by atoms with Crippen molar-refractivity contribution in [1.82, 2.24) is 10.2 Å². The molecule has 0 saturated carbocycles. The van der Waals surface area contributed by atoms with Gasteiger partial charge in [-0.05, 0) is 49.5 Å². The quantitative estimate of drug-likeness (QED) is 0.842. The fraction of sp³-hybridized carbons (Fsp3) is 0.588. The normalized spacial score (nSPS) is 18.1. The number of nitrogens with one attached hydrogen (secondary N) is 1. The number of likely N-dealkylation sites (tertiary alicyclic amines) is 1. The van der Waals surface area contributed by atoms with Gasteiger partial charge in [0.25, 0.3) is 0 Å². The van der Waals surface area contributed by atoms with Crippen molar-refractivity contribution in [3.63, 3.8) is 0 Å². The van der Waals surface area contributed by atoms with Gasteiger partial charge in [-0.15, -0.1) is 0 Å². The number of carbonyl (C=O) groups excluding carboxylic acids is 1. The fourth-order valence-electron chi connectivity index (χ4n) is 2.73. The Kier molecular flexibility index (Phi) is 6.68. The second-order valence-electron chi connectivity index (χ2n) is 6.25. The second kappa shape index (κ2) is 8.51. The van der Waals surface area contributed by atoms with Crippen LogP contribution in [-0.2, 0) is 11.2 Å². The SMILES string of the molecule is CC1CCN(CC(O)CNC(=O)Cc2cccc(Cl)c2)CC1. The van der Waals surface area contributed by atoms with Crippen LogP contribution < -0.4 is 5.32 Å². The number of halogens is 1. The molecule has 1 aliphatic heterocycles. The number of benzene rings is 1. The summed E-state index contributed by atoms with van der Waals surface area (Å²) in [6.07, 6.45) is 2.15. The van der Waals surface area contributed by atoms with Crippen LogP contribution >= 0.6 is 11.6 Å². The first kappa shape index (κ1) is 17.3. The maximum absolute atomic E-state index is 11.9. The zero-order chi connectivity index (χ0) is 15.9. The highest BCUT2D eigenvalue weighted by atomic mass is 35.5. The Labute approximate surface area is 137 Å². The van der Waals surface area contributed by atoms with Crippen LogP contribution in [0.4, 0.5) is 0 Å². The highest BCUT2D eigenvalue weighted by Gasteiger charge is 2.18. The Hall–Kier alpha value is -1.10. The summed E-state index contributed by atoms with van der Waals surface area (Å²) in [7, 11) is 0. The zero-order valence-corrected chi connectivity index (χ0v) is 13.9. The molecular formula is C17H25ClN2O2. The molecule has 2 N–H and O–H groups in total. The van der Waals surface area contributed by atoms with E-state index in [0.717, 1.165) is 24.6 Å². The Morgan fingerprint density at radius 1 is 1.45 bits per heavy atom. The summed E-state index contributed by atoms with van der Waals surface area (Å²) in [4.78, 5) is 14.2. The summed E-state index contributed by atoms with van der Waals surface area (Å²) in [6.45, 7) is 5.27. The molecule has 1 saturated heterocycles. The number of rotatable bonds is 6. The van der Waals surface area contributed by atoms with Gasteiger partial charge in [0.15, 0.2) is 0 Å². The molecule has 122 valence electrons. The molecule has 1 atom stereocenters. The van der Waals surface area contributed by atoms with E-state index in [0.29, 0.717) is 18.1 Å². The van der Waals surface area contributed by atoms with Gasteiger partial charge in [-0.1, -0.05) is 30.7 Å². The summed E-state index contributed by atoms with van der Waals surface area (Å²) in [5.41, 5.74) is 0.879. The Bertz CT molecular complexity index is 487. The molecule has 0 radical (unpaired) electrons. The first-order valence-corrected chi connectivity index (χ1v) is 8.32. The average molecular weight is 325 g/mol. The predicted octanol–water partition coefficient (Wildman–Crippen LogP) is 2.09. The minimum Gasteiger partial charge on any atom is -0.390 e. The lowest BCUT2D eigenvalue weighted by Gasteiger charge is -2.31. The molecule has 1 fully saturated rings. The zero-order valence-electron chi connectivity index (χ0n) is 13.1. The minimum atomic E-state index is -0.517. The number of hydrogen-bond acceptors (Lipinski definition) is 3. The van der Waals surface area contributed by atoms with E-state index < -0.39 is 6.10 Å². The lowest BCUT2D eigenvalue weighted by Crippen LogP contribution is -2.43. The van der Waals surface area contributed by atoms with E-state index in [-0.39, 0.29) is 12.3 Å². The molecule has 4 nitrogen and oxygen atoms in total. The van der Waals surface area contributed by atoms with Crippen LogP contribution in [-0.4, -0.2) is 48.2 Å². The molecule has 1 aliphatic rings. The van der Waals surface area contributed by atoms with Gasteiger partial charge in [0.05, 0.1) is 12.5 Å². The summed E-state index contributed by atoms with van der Waals surface area (Å²) < 4.78 is 0. The molecule has 1 amide bonds. The van der Waals surface area contributed by atoms with E-state index in [4.69, 9.17) is 11.6 Å². The Morgan fingerprint density at radius 3 is 2.86 bits per heavy atom. The third-order valence-corrected chi connectivity index (χ3v) is 4.37. The highest BCUT2D eigenvalue weighted by molar-refractivity contribution is 6.30. The van der Waals surface area contributed by atoms with Crippen molar-refractivity contribution < 1.29 is 9.90 Å². The van der Waals surface area contributed by atoms with E-state index in [2.05, 4.69) is 17.1 Å². The van der Waals surface area contributed by atoms with Crippen LogP contribution in [0.1, 0.15) is 25.3 Å². The van der Waals surface area contributed by atoms with E-state index in [1.165, 1.54) is 12.8 Å². The van der Waals surface area contributed by atoms with E-state index >= 15 is 0 Å². The van der Waals surface area contributed by atoms with Crippen molar-refractivity contribution in [3.8, 4) is 0 Å². The lowest BCUT2D eigenvalue weighted by atomic mass is 9.99. The number of aliphatic hydroxyl groups is 1. The molecule has 1 aromatic carbocycles. The van der Waals surface area contributed by atoms with Crippen LogP contribution in [0.2, 0.25) is 5.02 Å². The molecule has 1 unspecified atom stereocenters. The van der Waals surface area contributed by atoms with Gasteiger partial charge < -0.3 is 15.3 Å². The largest absolute Gasteiger partial charge is 0.390 e. The highest BCUT2D eigenvalue weighted by Crippen LogP contribution is 2.15. The van der Waals surface area contributed by atoms with Gasteiger partial charge in [-0.3, -0.25) is 4.79 Å². The van der Waals surface area contributed by atoms with E-state index in [9.17, 15) is 9.90 Å². The molecule has 0 aliphatic carbocycles. The smallest absolute Gasteiger partial charge is 0.224 e. The molecular weight excluding hydrogens is 300 g/mol. The molecule has 5 heteroatoms. The van der Waals surface area contributed by atoms with Crippen LogP contribution in [0.5, 0.6) is 0 Å². The van der Waals surface area contributed by atoms with Crippen molar-refractivity contribution in [2.45, 2.75) is 32.3 Å². The van der Waals surface area contributed by atoms with E-state index in [1.807, 2.05) is 12.1 Å². The van der Waals surface area contributed by atoms with Crippen LogP contribution in [0.3, 0.4) is 0 Å². The average Bonchev–Trinajstić information content (AvgIpc) is 2.48. The number of aliphatic hydroxyl groups excluding tert-OH is 1. The number of nitrogens with zero attached hydrogens (tertiary/aromatic N) is 1. The first-order valence-electron chi connectivity index (χ1n) is 7.94. The monoisotopic (exact) mass is 324 g/mol. The number of carbonyl (C=O) groups is 1. The summed E-state index contributed by atoms with van der Waals surface area (Å²) in [5, 5.41) is 13.5. The standard InChI is InChI=1S/C17H25ClN2O2/c1-13-5-7-20(8-6-13)12-16(21)11-19-17(22)10-14-3-2-4-15(18)9-14/h2-4,9,13,16,21H,5-8,10-12H2,1H3,(H,19,22). The van der Waals surface area contributed by atoms with Gasteiger partial charge >= 0.3 is 0 Å². The van der Waals surface area contributed by atoms with Crippen LogP contribution in [0.15, 0.2) is 24.3 Å². The number of piperidine rings is 1.